The van der Waals surface area contributed by atoms with Crippen molar-refractivity contribution >= 4 is 16.9 Å². The Morgan fingerprint density at radius 2 is 1.91 bits per heavy atom. The van der Waals surface area contributed by atoms with Crippen LogP contribution in [0.4, 0.5) is 0 Å². The Hall–Kier alpha value is -2.97. The molecule has 2 aromatic heterocycles. The van der Waals surface area contributed by atoms with E-state index >= 15 is 0 Å². The molecule has 0 saturated carbocycles. The van der Waals surface area contributed by atoms with Gasteiger partial charge in [-0.05, 0) is 32.9 Å². The third-order valence-electron chi connectivity index (χ3n) is 6.11. The lowest BCUT2D eigenvalue weighted by Crippen LogP contribution is -2.53. The monoisotopic (exact) mass is 437 g/mol. The van der Waals surface area contributed by atoms with E-state index in [9.17, 15) is 9.90 Å². The molecule has 0 aliphatic carbocycles. The number of carboxylic acid groups (broad SMARTS) is 1. The molecule has 3 heterocycles. The van der Waals surface area contributed by atoms with E-state index in [1.165, 1.54) is 0 Å². The van der Waals surface area contributed by atoms with Crippen LogP contribution < -0.4 is 4.74 Å². The van der Waals surface area contributed by atoms with Crippen LogP contribution in [-0.4, -0.2) is 73.7 Å². The molecule has 32 heavy (non-hydrogen) atoms. The maximum Gasteiger partial charge on any atom is 0.352 e. The Morgan fingerprint density at radius 3 is 2.59 bits per heavy atom. The van der Waals surface area contributed by atoms with Crippen LogP contribution in [0.2, 0.25) is 0 Å². The molecular formula is C24H31N5O3. The van der Waals surface area contributed by atoms with Crippen molar-refractivity contribution in [3.05, 3.63) is 48.0 Å². The molecule has 0 atom stereocenters. The Morgan fingerprint density at radius 1 is 1.16 bits per heavy atom. The summed E-state index contributed by atoms with van der Waals surface area (Å²) < 4.78 is 7.70. The third-order valence-corrected chi connectivity index (χ3v) is 6.11. The lowest BCUT2D eigenvalue weighted by molar-refractivity contribution is 0.0626. The summed E-state index contributed by atoms with van der Waals surface area (Å²) in [6.07, 6.45) is 2.47. The lowest BCUT2D eigenvalue weighted by atomic mass is 10.0. The van der Waals surface area contributed by atoms with Crippen molar-refractivity contribution in [1.29, 1.82) is 0 Å². The highest BCUT2D eigenvalue weighted by Crippen LogP contribution is 2.31. The minimum atomic E-state index is -0.970. The van der Waals surface area contributed by atoms with Gasteiger partial charge in [-0.1, -0.05) is 12.1 Å². The molecule has 8 nitrogen and oxygen atoms in total. The number of para-hydroxylation sites is 1. The number of aromatic carboxylic acids is 1. The molecule has 0 bridgehead atoms. The predicted molar refractivity (Wildman–Crippen MR) is 123 cm³/mol. The van der Waals surface area contributed by atoms with Crippen LogP contribution in [-0.2, 0) is 13.5 Å². The molecule has 1 aliphatic rings. The van der Waals surface area contributed by atoms with Gasteiger partial charge in [-0.15, -0.1) is 0 Å². The molecule has 1 aromatic carbocycles. The van der Waals surface area contributed by atoms with Crippen molar-refractivity contribution in [2.24, 2.45) is 7.05 Å². The number of carboxylic acids is 1. The zero-order valence-electron chi connectivity index (χ0n) is 19.2. The molecule has 1 N–H and O–H groups in total. The van der Waals surface area contributed by atoms with Gasteiger partial charge in [0.15, 0.2) is 5.75 Å². The second kappa shape index (κ2) is 8.88. The van der Waals surface area contributed by atoms with Gasteiger partial charge >= 0.3 is 5.97 Å². The highest BCUT2D eigenvalue weighted by Gasteiger charge is 2.25. The van der Waals surface area contributed by atoms with Crippen LogP contribution >= 0.6 is 0 Å². The van der Waals surface area contributed by atoms with E-state index in [1.54, 1.807) is 29.9 Å². The first-order valence-corrected chi connectivity index (χ1v) is 11.0. The number of hydrogen-bond donors (Lipinski definition) is 1. The number of nitrogens with zero attached hydrogens (tertiary/aromatic N) is 5. The first-order chi connectivity index (χ1) is 15.2. The largest absolute Gasteiger partial charge is 0.477 e. The van der Waals surface area contributed by atoms with Gasteiger partial charge in [0.25, 0.3) is 0 Å². The number of fused-ring (bicyclic) bond motifs is 1. The second-order valence-electron chi connectivity index (χ2n) is 9.25. The average molecular weight is 438 g/mol. The van der Waals surface area contributed by atoms with Crippen LogP contribution in [0.1, 0.15) is 37.1 Å². The molecule has 170 valence electrons. The second-order valence-corrected chi connectivity index (χ2v) is 9.25. The van der Waals surface area contributed by atoms with Gasteiger partial charge in [-0.25, -0.2) is 9.78 Å². The number of hydrogen-bond acceptors (Lipinski definition) is 6. The van der Waals surface area contributed by atoms with Gasteiger partial charge in [-0.3, -0.25) is 4.90 Å². The Kier molecular flexibility index (Phi) is 6.17. The fraction of sp³-hybridized carbons (Fsp3) is 0.458. The summed E-state index contributed by atoms with van der Waals surface area (Å²) in [7, 11) is 1.73. The Labute approximate surface area is 188 Å². The standard InChI is InChI=1S/C24H31N5O3/c1-24(2,3)29-14-12-28(13-15-29)11-9-20-25-10-8-21(26-20)32-19-7-5-6-17-16-18(23(30)31)27(4)22(17)19/h5-8,10,16H,9,11-15H2,1-4H3,(H,30,31). The number of aryl methyl sites for hydroxylation is 1. The molecule has 0 unspecified atom stereocenters. The van der Waals surface area contributed by atoms with Gasteiger partial charge in [0.05, 0.1) is 5.52 Å². The number of rotatable bonds is 6. The minimum Gasteiger partial charge on any atom is -0.477 e. The maximum atomic E-state index is 11.5. The van der Waals surface area contributed by atoms with E-state index < -0.39 is 5.97 Å². The molecule has 3 aromatic rings. The summed E-state index contributed by atoms with van der Waals surface area (Å²) in [4.78, 5) is 25.5. The molecule has 0 spiro atoms. The van der Waals surface area contributed by atoms with Crippen molar-refractivity contribution in [3.8, 4) is 11.6 Å². The topological polar surface area (TPSA) is 83.7 Å². The fourth-order valence-corrected chi connectivity index (χ4v) is 4.24. The summed E-state index contributed by atoms with van der Waals surface area (Å²) in [6.45, 7) is 12.0. The van der Waals surface area contributed by atoms with Crippen molar-refractivity contribution in [1.82, 2.24) is 24.3 Å². The quantitative estimate of drug-likeness (QED) is 0.633. The number of piperazine rings is 1. The molecule has 1 saturated heterocycles. The zero-order chi connectivity index (χ0) is 22.9. The molecule has 1 fully saturated rings. The predicted octanol–water partition coefficient (Wildman–Crippen LogP) is 3.42. The molecule has 1 aliphatic heterocycles. The summed E-state index contributed by atoms with van der Waals surface area (Å²) in [6, 6.07) is 8.92. The van der Waals surface area contributed by atoms with Crippen LogP contribution in [0.5, 0.6) is 11.6 Å². The van der Waals surface area contributed by atoms with Crippen LogP contribution in [0.25, 0.3) is 10.9 Å². The van der Waals surface area contributed by atoms with E-state index in [4.69, 9.17) is 4.74 Å². The Bertz CT molecular complexity index is 1110. The normalized spacial score (nSPS) is 15.9. The number of ether oxygens (including phenoxy) is 1. The Balaban J connectivity index is 1.43. The first-order valence-electron chi connectivity index (χ1n) is 11.0. The van der Waals surface area contributed by atoms with Gasteiger partial charge in [0.1, 0.15) is 11.5 Å². The highest BCUT2D eigenvalue weighted by atomic mass is 16.5. The molecule has 8 heteroatoms. The van der Waals surface area contributed by atoms with Crippen molar-refractivity contribution in [2.75, 3.05) is 32.7 Å². The number of benzene rings is 1. The third kappa shape index (κ3) is 4.76. The summed E-state index contributed by atoms with van der Waals surface area (Å²) in [5, 5.41) is 10.2. The van der Waals surface area contributed by atoms with Crippen molar-refractivity contribution in [2.45, 2.75) is 32.7 Å². The van der Waals surface area contributed by atoms with Gasteiger partial charge in [-0.2, -0.15) is 4.98 Å². The zero-order valence-corrected chi connectivity index (χ0v) is 19.2. The summed E-state index contributed by atoms with van der Waals surface area (Å²) in [5.74, 6) is 0.798. The van der Waals surface area contributed by atoms with Crippen molar-refractivity contribution < 1.29 is 14.6 Å². The first kappa shape index (κ1) is 22.2. The fourth-order valence-electron chi connectivity index (χ4n) is 4.24. The minimum absolute atomic E-state index is 0.214. The van der Waals surface area contributed by atoms with Gasteiger partial charge < -0.3 is 19.3 Å². The number of carbonyl (C=O) groups is 1. The van der Waals surface area contributed by atoms with E-state index in [0.717, 1.165) is 55.9 Å². The van der Waals surface area contributed by atoms with Gasteiger partial charge in [0, 0.05) is 69.4 Å². The molecule has 0 amide bonds. The van der Waals surface area contributed by atoms with Crippen molar-refractivity contribution in [3.63, 3.8) is 0 Å². The average Bonchev–Trinajstić information content (AvgIpc) is 3.10. The van der Waals surface area contributed by atoms with E-state index in [2.05, 4.69) is 40.5 Å². The van der Waals surface area contributed by atoms with Crippen LogP contribution in [0, 0.1) is 0 Å². The van der Waals surface area contributed by atoms with Gasteiger partial charge in [0.2, 0.25) is 5.88 Å². The maximum absolute atomic E-state index is 11.5. The summed E-state index contributed by atoms with van der Waals surface area (Å²) >= 11 is 0. The number of aromatic nitrogens is 3. The van der Waals surface area contributed by atoms with E-state index in [1.807, 2.05) is 18.2 Å². The summed E-state index contributed by atoms with van der Waals surface area (Å²) in [5.41, 5.74) is 1.15. The molecular weight excluding hydrogens is 406 g/mol. The van der Waals surface area contributed by atoms with E-state index in [0.29, 0.717) is 11.6 Å². The molecule has 4 rings (SSSR count). The smallest absolute Gasteiger partial charge is 0.352 e. The highest BCUT2D eigenvalue weighted by molar-refractivity contribution is 5.96. The molecule has 0 radical (unpaired) electrons. The van der Waals surface area contributed by atoms with Crippen LogP contribution in [0.15, 0.2) is 36.5 Å². The SMILES string of the molecule is Cn1c(C(=O)O)cc2cccc(Oc3ccnc(CCN4CCN(C(C)(C)C)CC4)n3)c21. The van der Waals surface area contributed by atoms with E-state index in [-0.39, 0.29) is 11.2 Å². The van der Waals surface area contributed by atoms with Crippen LogP contribution in [0.3, 0.4) is 0 Å². The lowest BCUT2D eigenvalue weighted by Gasteiger charge is -2.42.